The van der Waals surface area contributed by atoms with Gasteiger partial charge in [-0.15, -0.1) is 0 Å². The van der Waals surface area contributed by atoms with Gasteiger partial charge < -0.3 is 10.7 Å². The molecule has 102 valence electrons. The first-order valence-corrected chi connectivity index (χ1v) is 6.64. The number of anilines is 2. The number of aromatic nitrogens is 2. The number of nitrogens with two attached hydrogens (primary N) is 1. The van der Waals surface area contributed by atoms with Crippen LogP contribution in [0.15, 0.2) is 6.33 Å². The van der Waals surface area contributed by atoms with E-state index in [1.165, 1.54) is 6.33 Å². The third kappa shape index (κ3) is 3.84. The number of hydrazine groups is 1. The van der Waals surface area contributed by atoms with Gasteiger partial charge in [-0.2, -0.15) is 0 Å². The molecule has 1 aromatic rings. The lowest BCUT2D eigenvalue weighted by atomic mass is 9.98. The summed E-state index contributed by atoms with van der Waals surface area (Å²) in [6.45, 7) is 9.74. The van der Waals surface area contributed by atoms with Crippen LogP contribution in [0.25, 0.3) is 0 Å². The highest BCUT2D eigenvalue weighted by Crippen LogP contribution is 2.21. The van der Waals surface area contributed by atoms with Crippen LogP contribution in [-0.4, -0.2) is 16.5 Å². The topological polar surface area (TPSA) is 75.9 Å². The average molecular weight is 251 g/mol. The minimum absolute atomic E-state index is 0.601. The molecule has 4 N–H and O–H groups in total. The van der Waals surface area contributed by atoms with Crippen molar-refractivity contribution in [3.63, 3.8) is 0 Å². The van der Waals surface area contributed by atoms with Crippen LogP contribution in [0, 0.1) is 11.8 Å². The fraction of sp³-hybridized carbons (Fsp3) is 0.692. The van der Waals surface area contributed by atoms with Gasteiger partial charge >= 0.3 is 0 Å². The van der Waals surface area contributed by atoms with Crippen molar-refractivity contribution >= 4 is 11.6 Å². The van der Waals surface area contributed by atoms with E-state index in [0.29, 0.717) is 17.7 Å². The number of nitrogens with zero attached hydrogens (tertiary/aromatic N) is 2. The van der Waals surface area contributed by atoms with Gasteiger partial charge in [-0.05, 0) is 18.3 Å². The first-order chi connectivity index (χ1) is 8.60. The van der Waals surface area contributed by atoms with E-state index in [9.17, 15) is 0 Å². The molecule has 1 aromatic heterocycles. The highest BCUT2D eigenvalue weighted by atomic mass is 15.3. The Morgan fingerprint density at radius 1 is 1.22 bits per heavy atom. The lowest BCUT2D eigenvalue weighted by molar-refractivity contribution is 0.439. The Morgan fingerprint density at radius 2 is 1.89 bits per heavy atom. The summed E-state index contributed by atoms with van der Waals surface area (Å²) in [6, 6.07) is 0. The first kappa shape index (κ1) is 14.7. The Bertz CT molecular complexity index is 364. The van der Waals surface area contributed by atoms with E-state index in [1.54, 1.807) is 0 Å². The summed E-state index contributed by atoms with van der Waals surface area (Å²) in [7, 11) is 0. The van der Waals surface area contributed by atoms with Crippen LogP contribution in [0.2, 0.25) is 0 Å². The number of nitrogen functional groups attached to an aromatic ring is 1. The van der Waals surface area contributed by atoms with Crippen LogP contribution in [0.3, 0.4) is 0 Å². The van der Waals surface area contributed by atoms with Crippen molar-refractivity contribution < 1.29 is 0 Å². The molecule has 5 heteroatoms. The molecule has 0 spiro atoms. The molecule has 0 saturated carbocycles. The monoisotopic (exact) mass is 251 g/mol. The van der Waals surface area contributed by atoms with E-state index in [0.717, 1.165) is 30.8 Å². The van der Waals surface area contributed by atoms with Gasteiger partial charge in [0.1, 0.15) is 18.0 Å². The highest BCUT2D eigenvalue weighted by molar-refractivity contribution is 5.56. The molecule has 0 amide bonds. The van der Waals surface area contributed by atoms with E-state index >= 15 is 0 Å². The summed E-state index contributed by atoms with van der Waals surface area (Å²) in [6.07, 6.45) is 3.49. The molecule has 0 fully saturated rings. The third-order valence-corrected chi connectivity index (χ3v) is 3.31. The van der Waals surface area contributed by atoms with Gasteiger partial charge in [-0.1, -0.05) is 34.1 Å². The Hall–Kier alpha value is -1.36. The Morgan fingerprint density at radius 3 is 2.44 bits per heavy atom. The second kappa shape index (κ2) is 7.16. The molecule has 1 unspecified atom stereocenters. The van der Waals surface area contributed by atoms with Crippen LogP contribution in [-0.2, 0) is 6.42 Å². The van der Waals surface area contributed by atoms with Gasteiger partial charge in [-0.25, -0.2) is 15.8 Å². The Labute approximate surface area is 110 Å². The number of hydrogen-bond acceptors (Lipinski definition) is 5. The zero-order chi connectivity index (χ0) is 13.5. The lowest BCUT2D eigenvalue weighted by Crippen LogP contribution is -2.19. The zero-order valence-corrected chi connectivity index (χ0v) is 11.8. The Kier molecular flexibility index (Phi) is 5.85. The molecule has 1 atom stereocenters. The summed E-state index contributed by atoms with van der Waals surface area (Å²) in [5.74, 6) is 8.35. The maximum absolute atomic E-state index is 5.49. The van der Waals surface area contributed by atoms with Gasteiger partial charge in [0.25, 0.3) is 0 Å². The molecule has 0 aliphatic carbocycles. The smallest absolute Gasteiger partial charge is 0.148 e. The van der Waals surface area contributed by atoms with E-state index in [1.807, 2.05) is 0 Å². The Balaban J connectivity index is 2.80. The molecule has 0 saturated heterocycles. The van der Waals surface area contributed by atoms with Crippen molar-refractivity contribution in [3.05, 3.63) is 11.9 Å². The average Bonchev–Trinajstić information content (AvgIpc) is 2.37. The van der Waals surface area contributed by atoms with Crippen LogP contribution in [0.4, 0.5) is 11.6 Å². The van der Waals surface area contributed by atoms with Crippen molar-refractivity contribution in [2.45, 2.75) is 40.5 Å². The van der Waals surface area contributed by atoms with Gasteiger partial charge in [0, 0.05) is 12.1 Å². The van der Waals surface area contributed by atoms with E-state index in [2.05, 4.69) is 48.4 Å². The summed E-state index contributed by atoms with van der Waals surface area (Å²) in [5, 5.41) is 3.41. The quantitative estimate of drug-likeness (QED) is 0.512. The number of nitrogens with one attached hydrogen (secondary N) is 2. The largest absolute Gasteiger partial charge is 0.369 e. The molecular formula is C13H25N5. The zero-order valence-electron chi connectivity index (χ0n) is 11.8. The summed E-state index contributed by atoms with van der Waals surface area (Å²) in [4.78, 5) is 8.47. The molecular weight excluding hydrogens is 226 g/mol. The van der Waals surface area contributed by atoms with Crippen LogP contribution < -0.4 is 16.6 Å². The van der Waals surface area contributed by atoms with Crippen LogP contribution >= 0.6 is 0 Å². The van der Waals surface area contributed by atoms with Crippen LogP contribution in [0.1, 0.15) is 39.7 Å². The minimum Gasteiger partial charge on any atom is -0.369 e. The second-order valence-corrected chi connectivity index (χ2v) is 5.05. The highest BCUT2D eigenvalue weighted by Gasteiger charge is 2.12. The number of hydrogen-bond donors (Lipinski definition) is 3. The van der Waals surface area contributed by atoms with Crippen molar-refractivity contribution in [2.75, 3.05) is 17.3 Å². The fourth-order valence-electron chi connectivity index (χ4n) is 1.67. The van der Waals surface area contributed by atoms with Gasteiger partial charge in [0.05, 0.1) is 0 Å². The molecule has 0 radical (unpaired) electrons. The molecule has 0 aromatic carbocycles. The van der Waals surface area contributed by atoms with Gasteiger partial charge in [0.15, 0.2) is 0 Å². The summed E-state index contributed by atoms with van der Waals surface area (Å²) in [5.41, 5.74) is 3.71. The lowest BCUT2D eigenvalue weighted by Gasteiger charge is -2.18. The minimum atomic E-state index is 0.601. The summed E-state index contributed by atoms with van der Waals surface area (Å²) >= 11 is 0. The van der Waals surface area contributed by atoms with Crippen molar-refractivity contribution in [2.24, 2.45) is 17.7 Å². The molecule has 18 heavy (non-hydrogen) atoms. The molecule has 0 aliphatic rings. The fourth-order valence-corrected chi connectivity index (χ4v) is 1.67. The number of rotatable bonds is 7. The van der Waals surface area contributed by atoms with Crippen molar-refractivity contribution in [3.8, 4) is 0 Å². The van der Waals surface area contributed by atoms with Crippen LogP contribution in [0.5, 0.6) is 0 Å². The van der Waals surface area contributed by atoms with Crippen molar-refractivity contribution in [1.82, 2.24) is 9.97 Å². The second-order valence-electron chi connectivity index (χ2n) is 5.05. The maximum atomic E-state index is 5.49. The van der Waals surface area contributed by atoms with Gasteiger partial charge in [0.2, 0.25) is 0 Å². The standard InChI is InChI=1S/C13H25N5/c1-5-6-11-12(15-7-10(4)9(2)3)16-8-17-13(11)18-14/h8-10H,5-7,14H2,1-4H3,(H2,15,16,17,18). The SMILES string of the molecule is CCCc1c(NN)ncnc1NCC(C)C(C)C. The molecule has 5 nitrogen and oxygen atoms in total. The van der Waals surface area contributed by atoms with E-state index in [-0.39, 0.29) is 0 Å². The third-order valence-electron chi connectivity index (χ3n) is 3.31. The molecule has 0 bridgehead atoms. The maximum Gasteiger partial charge on any atom is 0.148 e. The van der Waals surface area contributed by atoms with E-state index < -0.39 is 0 Å². The molecule has 1 rings (SSSR count). The normalized spacial score (nSPS) is 12.6. The van der Waals surface area contributed by atoms with E-state index in [4.69, 9.17) is 5.84 Å². The molecule has 1 heterocycles. The first-order valence-electron chi connectivity index (χ1n) is 6.64. The van der Waals surface area contributed by atoms with Crippen molar-refractivity contribution in [1.29, 1.82) is 0 Å². The summed E-state index contributed by atoms with van der Waals surface area (Å²) < 4.78 is 0. The predicted molar refractivity (Wildman–Crippen MR) is 76.3 cm³/mol. The predicted octanol–water partition coefficient (Wildman–Crippen LogP) is 2.42. The molecule has 0 aliphatic heterocycles. The van der Waals surface area contributed by atoms with Gasteiger partial charge in [-0.3, -0.25) is 0 Å².